The van der Waals surface area contributed by atoms with Crippen molar-refractivity contribution in [3.05, 3.63) is 59.4 Å². The van der Waals surface area contributed by atoms with E-state index in [1.807, 2.05) is 38.1 Å². The van der Waals surface area contributed by atoms with Crippen LogP contribution in [0.4, 0.5) is 4.39 Å². The number of hydrogen-bond acceptors (Lipinski definition) is 3. The van der Waals surface area contributed by atoms with Crippen molar-refractivity contribution < 1.29 is 13.9 Å². The second kappa shape index (κ2) is 6.59. The Balaban J connectivity index is 2.21. The van der Waals surface area contributed by atoms with Gasteiger partial charge in [-0.1, -0.05) is 18.2 Å². The zero-order chi connectivity index (χ0) is 15.4. The first-order chi connectivity index (χ1) is 10.0. The molecule has 2 N–H and O–H groups in total. The minimum atomic E-state index is -0.394. The maximum atomic E-state index is 13.4. The minimum absolute atomic E-state index is 0.130. The standard InChI is InChI=1S/C17H20FNO2/c1-11(2)21-14-7-4-12(5-8-14)17(19)13-6-9-15(18)16(10-13)20-3/h4-11,17H,19H2,1-3H3. The summed E-state index contributed by atoms with van der Waals surface area (Å²) in [5.41, 5.74) is 7.95. The van der Waals surface area contributed by atoms with Gasteiger partial charge in [-0.05, 0) is 49.2 Å². The van der Waals surface area contributed by atoms with Crippen LogP contribution in [0.3, 0.4) is 0 Å². The van der Waals surface area contributed by atoms with Gasteiger partial charge in [0.1, 0.15) is 5.75 Å². The molecule has 21 heavy (non-hydrogen) atoms. The Bertz CT molecular complexity index is 596. The van der Waals surface area contributed by atoms with Gasteiger partial charge in [-0.3, -0.25) is 0 Å². The van der Waals surface area contributed by atoms with Crippen molar-refractivity contribution in [1.82, 2.24) is 0 Å². The molecule has 0 fully saturated rings. The smallest absolute Gasteiger partial charge is 0.165 e. The molecule has 0 saturated carbocycles. The van der Waals surface area contributed by atoms with Gasteiger partial charge < -0.3 is 15.2 Å². The Morgan fingerprint density at radius 1 is 1.00 bits per heavy atom. The fourth-order valence-electron chi connectivity index (χ4n) is 2.09. The van der Waals surface area contributed by atoms with Crippen LogP contribution in [0.2, 0.25) is 0 Å². The summed E-state index contributed by atoms with van der Waals surface area (Å²) in [6.07, 6.45) is 0.130. The van der Waals surface area contributed by atoms with E-state index in [1.54, 1.807) is 12.1 Å². The van der Waals surface area contributed by atoms with Crippen molar-refractivity contribution in [1.29, 1.82) is 0 Å². The van der Waals surface area contributed by atoms with Gasteiger partial charge in [0.05, 0.1) is 19.3 Å². The molecule has 3 nitrogen and oxygen atoms in total. The summed E-state index contributed by atoms with van der Waals surface area (Å²) in [6, 6.07) is 11.9. The van der Waals surface area contributed by atoms with Crippen molar-refractivity contribution in [2.75, 3.05) is 7.11 Å². The van der Waals surface area contributed by atoms with Crippen molar-refractivity contribution in [2.45, 2.75) is 26.0 Å². The van der Waals surface area contributed by atoms with Gasteiger partial charge in [0.15, 0.2) is 11.6 Å². The normalized spacial score (nSPS) is 12.3. The van der Waals surface area contributed by atoms with E-state index >= 15 is 0 Å². The molecule has 0 saturated heterocycles. The van der Waals surface area contributed by atoms with E-state index in [9.17, 15) is 4.39 Å². The van der Waals surface area contributed by atoms with Gasteiger partial charge in [-0.2, -0.15) is 0 Å². The minimum Gasteiger partial charge on any atom is -0.494 e. The maximum absolute atomic E-state index is 13.4. The third-order valence-corrected chi connectivity index (χ3v) is 3.15. The molecule has 112 valence electrons. The Morgan fingerprint density at radius 2 is 1.62 bits per heavy atom. The maximum Gasteiger partial charge on any atom is 0.165 e. The van der Waals surface area contributed by atoms with E-state index in [4.69, 9.17) is 15.2 Å². The highest BCUT2D eigenvalue weighted by molar-refractivity contribution is 5.39. The summed E-state index contributed by atoms with van der Waals surface area (Å²) in [5.74, 6) is 0.606. The quantitative estimate of drug-likeness (QED) is 0.913. The fourth-order valence-corrected chi connectivity index (χ4v) is 2.09. The van der Waals surface area contributed by atoms with E-state index < -0.39 is 5.82 Å². The van der Waals surface area contributed by atoms with Crippen molar-refractivity contribution >= 4 is 0 Å². The third kappa shape index (κ3) is 3.73. The third-order valence-electron chi connectivity index (χ3n) is 3.15. The lowest BCUT2D eigenvalue weighted by atomic mass is 9.99. The molecule has 0 heterocycles. The van der Waals surface area contributed by atoms with Crippen LogP contribution in [0.25, 0.3) is 0 Å². The zero-order valence-corrected chi connectivity index (χ0v) is 12.5. The highest BCUT2D eigenvalue weighted by Gasteiger charge is 2.12. The lowest BCUT2D eigenvalue weighted by molar-refractivity contribution is 0.242. The molecule has 0 spiro atoms. The topological polar surface area (TPSA) is 44.5 Å². The molecule has 4 heteroatoms. The molecular formula is C17H20FNO2. The van der Waals surface area contributed by atoms with Gasteiger partial charge in [0, 0.05) is 0 Å². The van der Waals surface area contributed by atoms with Gasteiger partial charge in [-0.25, -0.2) is 4.39 Å². The number of methoxy groups -OCH3 is 1. The average molecular weight is 289 g/mol. The number of benzene rings is 2. The Hall–Kier alpha value is -2.07. The number of rotatable bonds is 5. The molecule has 0 aromatic heterocycles. The lowest BCUT2D eigenvalue weighted by Gasteiger charge is -2.15. The molecule has 0 aliphatic carbocycles. The molecule has 1 unspecified atom stereocenters. The SMILES string of the molecule is COc1cc(C(N)c2ccc(OC(C)C)cc2)ccc1F. The van der Waals surface area contributed by atoms with Crippen molar-refractivity contribution in [2.24, 2.45) is 5.73 Å². The first kappa shape index (κ1) is 15.3. The van der Waals surface area contributed by atoms with Crippen LogP contribution in [0.15, 0.2) is 42.5 Å². The molecule has 0 aliphatic rings. The molecule has 0 aliphatic heterocycles. The van der Waals surface area contributed by atoms with Gasteiger partial charge in [0.25, 0.3) is 0 Å². The van der Waals surface area contributed by atoms with Crippen LogP contribution in [-0.4, -0.2) is 13.2 Å². The van der Waals surface area contributed by atoms with E-state index in [1.165, 1.54) is 13.2 Å². The Morgan fingerprint density at radius 3 is 2.19 bits per heavy atom. The number of hydrogen-bond donors (Lipinski definition) is 1. The summed E-state index contributed by atoms with van der Waals surface area (Å²) < 4.78 is 24.0. The van der Waals surface area contributed by atoms with Crippen LogP contribution < -0.4 is 15.2 Å². The van der Waals surface area contributed by atoms with E-state index in [-0.39, 0.29) is 17.9 Å². The predicted octanol–water partition coefficient (Wildman–Crippen LogP) is 3.67. The van der Waals surface area contributed by atoms with Crippen LogP contribution in [0.5, 0.6) is 11.5 Å². The van der Waals surface area contributed by atoms with Crippen LogP contribution in [0.1, 0.15) is 31.0 Å². The zero-order valence-electron chi connectivity index (χ0n) is 12.5. The highest BCUT2D eigenvalue weighted by atomic mass is 19.1. The molecular weight excluding hydrogens is 269 g/mol. The molecule has 0 bridgehead atoms. The Kier molecular flexibility index (Phi) is 4.81. The van der Waals surface area contributed by atoms with Crippen LogP contribution >= 0.6 is 0 Å². The molecule has 0 amide bonds. The van der Waals surface area contributed by atoms with Crippen LogP contribution in [-0.2, 0) is 0 Å². The summed E-state index contributed by atoms with van der Waals surface area (Å²) in [6.45, 7) is 3.95. The van der Waals surface area contributed by atoms with Crippen LogP contribution in [0, 0.1) is 5.82 Å². The second-order valence-electron chi connectivity index (χ2n) is 5.11. The van der Waals surface area contributed by atoms with E-state index in [0.717, 1.165) is 16.9 Å². The summed E-state index contributed by atoms with van der Waals surface area (Å²) in [4.78, 5) is 0. The van der Waals surface area contributed by atoms with Gasteiger partial charge in [-0.15, -0.1) is 0 Å². The largest absolute Gasteiger partial charge is 0.494 e. The summed E-state index contributed by atoms with van der Waals surface area (Å²) in [7, 11) is 1.44. The number of ether oxygens (including phenoxy) is 2. The van der Waals surface area contributed by atoms with Gasteiger partial charge >= 0.3 is 0 Å². The lowest BCUT2D eigenvalue weighted by Crippen LogP contribution is -2.12. The fraction of sp³-hybridized carbons (Fsp3) is 0.294. The predicted molar refractivity (Wildman–Crippen MR) is 81.2 cm³/mol. The number of halogens is 1. The first-order valence-electron chi connectivity index (χ1n) is 6.87. The van der Waals surface area contributed by atoms with Crippen molar-refractivity contribution in [3.63, 3.8) is 0 Å². The monoisotopic (exact) mass is 289 g/mol. The molecule has 1 atom stereocenters. The molecule has 0 radical (unpaired) electrons. The van der Waals surface area contributed by atoms with Crippen molar-refractivity contribution in [3.8, 4) is 11.5 Å². The average Bonchev–Trinajstić information content (AvgIpc) is 2.47. The van der Waals surface area contributed by atoms with Gasteiger partial charge in [0.2, 0.25) is 0 Å². The van der Waals surface area contributed by atoms with E-state index in [0.29, 0.717) is 0 Å². The van der Waals surface area contributed by atoms with E-state index in [2.05, 4.69) is 0 Å². The highest BCUT2D eigenvalue weighted by Crippen LogP contribution is 2.26. The Labute approximate surface area is 124 Å². The molecule has 2 aromatic carbocycles. The molecule has 2 rings (SSSR count). The number of nitrogens with two attached hydrogens (primary N) is 1. The molecule has 2 aromatic rings. The second-order valence-corrected chi connectivity index (χ2v) is 5.11. The first-order valence-corrected chi connectivity index (χ1v) is 6.87. The summed E-state index contributed by atoms with van der Waals surface area (Å²) in [5, 5.41) is 0. The summed E-state index contributed by atoms with van der Waals surface area (Å²) >= 11 is 0.